The predicted octanol–water partition coefficient (Wildman–Crippen LogP) is 8.97. The summed E-state index contributed by atoms with van der Waals surface area (Å²) in [5.41, 5.74) is 5.22. The molecule has 205 valence electrons. The number of fused-ring (bicyclic) bond motifs is 3. The van der Waals surface area contributed by atoms with Gasteiger partial charge in [0.2, 0.25) is 0 Å². The monoisotopic (exact) mass is 723 g/mol. The van der Waals surface area contributed by atoms with Gasteiger partial charge in [-0.3, -0.25) is 0 Å². The predicted molar refractivity (Wildman–Crippen MR) is 166 cm³/mol. The Balaban J connectivity index is 0.000000223. The fourth-order valence-corrected chi connectivity index (χ4v) is 5.47. The molecule has 0 N–H and O–H groups in total. The maximum absolute atomic E-state index is 8.39. The van der Waals surface area contributed by atoms with E-state index in [1.54, 1.807) is 19.9 Å². The Kier molecular flexibility index (Phi) is 7.59. The van der Waals surface area contributed by atoms with E-state index >= 15 is 0 Å². The minimum atomic E-state index is -2.33. The Morgan fingerprint density at radius 2 is 1.62 bits per heavy atom. The average Bonchev–Trinajstić information content (AvgIpc) is 3.35. The first-order valence-electron chi connectivity index (χ1n) is 15.0. The molecule has 0 saturated carbocycles. The first-order chi connectivity index (χ1) is 20.2. The molecule has 0 atom stereocenters. The molecule has 0 unspecified atom stereocenters. The summed E-state index contributed by atoms with van der Waals surface area (Å²) >= 11 is 0. The van der Waals surface area contributed by atoms with Gasteiger partial charge in [-0.15, -0.1) is 54.1 Å². The first kappa shape index (κ1) is 24.4. The molecule has 0 aliphatic heterocycles. The van der Waals surface area contributed by atoms with Crippen LogP contribution in [-0.4, -0.2) is 18.0 Å². The van der Waals surface area contributed by atoms with Crippen LogP contribution >= 0.6 is 0 Å². The van der Waals surface area contributed by atoms with E-state index in [9.17, 15) is 0 Å². The van der Waals surface area contributed by atoms with E-state index in [0.29, 0.717) is 22.4 Å². The van der Waals surface area contributed by atoms with Crippen LogP contribution in [0.25, 0.3) is 44.5 Å². The Hall–Kier alpha value is -3.37. The van der Waals surface area contributed by atoms with Crippen molar-refractivity contribution in [1.82, 2.24) is 9.97 Å². The van der Waals surface area contributed by atoms with Crippen LogP contribution in [0.3, 0.4) is 0 Å². The van der Waals surface area contributed by atoms with Gasteiger partial charge in [0.25, 0.3) is 0 Å². The SMILES string of the molecule is C[Si](C)(C)c1ccc(-c2[c-]cccc2)nc1.[2H]C([2H])([2H])c1cnc(-c2[c-]ccc3c2oc2ccccc23)cc1C([2H])(C)C.[Ir]. The number of aromatic nitrogens is 2. The third-order valence-electron chi connectivity index (χ3n) is 6.65. The van der Waals surface area contributed by atoms with Gasteiger partial charge < -0.3 is 14.4 Å². The van der Waals surface area contributed by atoms with Crippen LogP contribution in [0, 0.1) is 19.0 Å². The van der Waals surface area contributed by atoms with Crippen molar-refractivity contribution >= 4 is 35.2 Å². The van der Waals surface area contributed by atoms with E-state index in [1.807, 2.05) is 66.9 Å². The van der Waals surface area contributed by atoms with E-state index in [4.69, 9.17) is 9.90 Å². The van der Waals surface area contributed by atoms with Crippen LogP contribution in [0.2, 0.25) is 19.6 Å². The van der Waals surface area contributed by atoms with Gasteiger partial charge in [0.15, 0.2) is 0 Å². The van der Waals surface area contributed by atoms with Crippen LogP contribution in [0.1, 0.15) is 36.4 Å². The zero-order valence-corrected chi connectivity index (χ0v) is 26.7. The number of pyridine rings is 2. The summed E-state index contributed by atoms with van der Waals surface area (Å²) < 4.78 is 37.7. The molecule has 0 amide bonds. The quantitative estimate of drug-likeness (QED) is 0.135. The number of rotatable bonds is 4. The molecule has 1 radical (unpaired) electrons. The van der Waals surface area contributed by atoms with Gasteiger partial charge >= 0.3 is 0 Å². The second-order valence-corrected chi connectivity index (χ2v) is 15.8. The van der Waals surface area contributed by atoms with Crippen LogP contribution < -0.4 is 5.19 Å². The van der Waals surface area contributed by atoms with Crippen LogP contribution in [-0.2, 0) is 20.1 Å². The summed E-state index contributed by atoms with van der Waals surface area (Å²) in [6.45, 7) is 8.02. The maximum Gasteiger partial charge on any atom is 0.120 e. The summed E-state index contributed by atoms with van der Waals surface area (Å²) in [6, 6.07) is 31.8. The molecule has 6 rings (SSSR count). The van der Waals surface area contributed by atoms with E-state index < -0.39 is 20.8 Å². The Bertz CT molecular complexity index is 1870. The summed E-state index contributed by atoms with van der Waals surface area (Å²) in [5.74, 6) is -1.08. The first-order valence-corrected chi connectivity index (χ1v) is 16.5. The van der Waals surface area contributed by atoms with Crippen molar-refractivity contribution in [3.05, 3.63) is 115 Å². The Morgan fingerprint density at radius 3 is 2.30 bits per heavy atom. The number of hydrogen-bond donors (Lipinski definition) is 0. The van der Waals surface area contributed by atoms with Crippen molar-refractivity contribution in [3.63, 3.8) is 0 Å². The van der Waals surface area contributed by atoms with Crippen molar-refractivity contribution in [2.45, 2.75) is 46.2 Å². The topological polar surface area (TPSA) is 38.9 Å². The molecule has 3 aromatic heterocycles. The summed E-state index contributed by atoms with van der Waals surface area (Å²) in [7, 11) is -1.23. The zero-order chi connectivity index (χ0) is 31.0. The molecule has 3 nitrogen and oxygen atoms in total. The molecular formula is C35H34IrN2OSi-2. The van der Waals surface area contributed by atoms with Gasteiger partial charge in [-0.05, 0) is 46.5 Å². The molecule has 0 fully saturated rings. The van der Waals surface area contributed by atoms with Crippen molar-refractivity contribution < 1.29 is 30.0 Å². The molecule has 0 bridgehead atoms. The van der Waals surface area contributed by atoms with Crippen molar-refractivity contribution in [1.29, 1.82) is 0 Å². The Labute approximate surface area is 257 Å². The molecule has 5 heteroatoms. The van der Waals surface area contributed by atoms with Crippen molar-refractivity contribution in [3.8, 4) is 22.5 Å². The number of benzene rings is 3. The minimum Gasteiger partial charge on any atom is -0.501 e. The van der Waals surface area contributed by atoms with Gasteiger partial charge in [0.05, 0.1) is 13.7 Å². The molecule has 0 aliphatic carbocycles. The van der Waals surface area contributed by atoms with Crippen LogP contribution in [0.5, 0.6) is 0 Å². The summed E-state index contributed by atoms with van der Waals surface area (Å²) in [5, 5.41) is 3.35. The van der Waals surface area contributed by atoms with E-state index in [-0.39, 0.29) is 25.7 Å². The van der Waals surface area contributed by atoms with E-state index in [0.717, 1.165) is 27.6 Å². The third-order valence-corrected chi connectivity index (χ3v) is 8.68. The fourth-order valence-electron chi connectivity index (χ4n) is 4.44. The smallest absolute Gasteiger partial charge is 0.120 e. The van der Waals surface area contributed by atoms with Crippen molar-refractivity contribution in [2.75, 3.05) is 0 Å². The van der Waals surface area contributed by atoms with Gasteiger partial charge in [-0.2, -0.15) is 0 Å². The van der Waals surface area contributed by atoms with Crippen LogP contribution in [0.15, 0.2) is 95.7 Å². The number of hydrogen-bond acceptors (Lipinski definition) is 3. The fraction of sp³-hybridized carbons (Fsp3) is 0.200. The number of para-hydroxylation sites is 1. The maximum atomic E-state index is 8.39. The minimum absolute atomic E-state index is 0. The molecule has 3 heterocycles. The molecule has 3 aromatic carbocycles. The standard InChI is InChI=1S/C21H18NO.C14H16NSi.Ir/c1-13(2)18-11-19(22-12-14(18)3)17-9-6-8-16-15-7-4-5-10-20(15)23-21(16)17;1-16(2,3)13-9-10-14(15-11-13)12-7-5-4-6-8-12;/h4-8,10-13H,1-3H3;4-7,9-11H,1-3H3;/q2*-1;/i3D3,13D;;. The van der Waals surface area contributed by atoms with Gasteiger partial charge in [0, 0.05) is 43.4 Å². The zero-order valence-electron chi connectivity index (χ0n) is 27.3. The largest absolute Gasteiger partial charge is 0.501 e. The summed E-state index contributed by atoms with van der Waals surface area (Å²) in [4.78, 5) is 8.89. The van der Waals surface area contributed by atoms with E-state index in [2.05, 4.69) is 53.9 Å². The average molecular weight is 723 g/mol. The number of nitrogens with zero attached hydrogens (tertiary/aromatic N) is 2. The molecule has 40 heavy (non-hydrogen) atoms. The van der Waals surface area contributed by atoms with Gasteiger partial charge in [-0.1, -0.05) is 80.8 Å². The van der Waals surface area contributed by atoms with E-state index in [1.165, 1.54) is 11.4 Å². The number of aryl methyl sites for hydroxylation is 1. The Morgan fingerprint density at radius 1 is 0.850 bits per heavy atom. The normalized spacial score (nSPS) is 13.3. The molecule has 0 spiro atoms. The second-order valence-electron chi connectivity index (χ2n) is 10.8. The summed E-state index contributed by atoms with van der Waals surface area (Å²) in [6.07, 6.45) is 3.37. The molecule has 0 saturated heterocycles. The van der Waals surface area contributed by atoms with Crippen molar-refractivity contribution in [2.24, 2.45) is 0 Å². The third kappa shape index (κ3) is 6.33. The number of furan rings is 1. The molecule has 0 aliphatic rings. The second kappa shape index (κ2) is 12.4. The van der Waals surface area contributed by atoms with Crippen LogP contribution in [0.4, 0.5) is 0 Å². The van der Waals surface area contributed by atoms with Gasteiger partial charge in [0.1, 0.15) is 5.58 Å². The molecular weight excluding hydrogens is 685 g/mol. The molecule has 6 aromatic rings. The van der Waals surface area contributed by atoms with Gasteiger partial charge in [-0.25, -0.2) is 0 Å².